The molecule has 0 saturated carbocycles. The molecule has 0 spiro atoms. The number of nitrogens with zero attached hydrogens (tertiary/aromatic N) is 1. The summed E-state index contributed by atoms with van der Waals surface area (Å²) in [5.41, 5.74) is -1.23. The van der Waals surface area contributed by atoms with Crippen LogP contribution in [0.3, 0.4) is 0 Å². The van der Waals surface area contributed by atoms with Crippen molar-refractivity contribution in [1.29, 1.82) is 0 Å². The standard InChI is InChI=1S/C24H22F5NO2/c1-5-19(26)22(14(4)25)21-12-16(18(23(31)32)10-13(2)3)11-20(30-21)15-6-8-17(9-7-15)24(27,28)29/h5-9,11-13,18H,1,4,10H2,2-3H3,(H,31,32)/b22-19-. The topological polar surface area (TPSA) is 50.2 Å². The minimum atomic E-state index is -4.54. The lowest BCUT2D eigenvalue weighted by Crippen LogP contribution is -2.15. The van der Waals surface area contributed by atoms with Crippen molar-refractivity contribution in [2.75, 3.05) is 0 Å². The number of carbonyl (C=O) groups is 1. The molecule has 1 heterocycles. The highest BCUT2D eigenvalue weighted by molar-refractivity contribution is 5.81. The largest absolute Gasteiger partial charge is 0.481 e. The van der Waals surface area contributed by atoms with Crippen LogP contribution < -0.4 is 0 Å². The number of carboxylic acid groups (broad SMARTS) is 1. The summed E-state index contributed by atoms with van der Waals surface area (Å²) in [5, 5.41) is 9.72. The van der Waals surface area contributed by atoms with Gasteiger partial charge in [-0.05, 0) is 48.2 Å². The maximum absolute atomic E-state index is 14.3. The third-order valence-electron chi connectivity index (χ3n) is 4.71. The van der Waals surface area contributed by atoms with Crippen LogP contribution in [0, 0.1) is 5.92 Å². The monoisotopic (exact) mass is 451 g/mol. The lowest BCUT2D eigenvalue weighted by molar-refractivity contribution is -0.139. The van der Waals surface area contributed by atoms with Crippen LogP contribution in [0.25, 0.3) is 16.8 Å². The molecule has 1 aromatic carbocycles. The number of benzene rings is 1. The van der Waals surface area contributed by atoms with Crippen LogP contribution in [0.4, 0.5) is 22.0 Å². The summed E-state index contributed by atoms with van der Waals surface area (Å²) in [6, 6.07) is 6.67. The molecule has 1 atom stereocenters. The van der Waals surface area contributed by atoms with E-state index in [0.29, 0.717) is 0 Å². The molecule has 2 aromatic rings. The van der Waals surface area contributed by atoms with E-state index in [1.165, 1.54) is 12.1 Å². The van der Waals surface area contributed by atoms with E-state index in [1.54, 1.807) is 0 Å². The minimum absolute atomic E-state index is 0.0155. The first kappa shape index (κ1) is 25.0. The van der Waals surface area contributed by atoms with Crippen LogP contribution in [-0.2, 0) is 11.0 Å². The molecule has 0 saturated heterocycles. The van der Waals surface area contributed by atoms with E-state index >= 15 is 0 Å². The van der Waals surface area contributed by atoms with Crippen molar-refractivity contribution in [3.63, 3.8) is 0 Å². The zero-order chi connectivity index (χ0) is 24.2. The van der Waals surface area contributed by atoms with Crippen molar-refractivity contribution in [2.45, 2.75) is 32.4 Å². The van der Waals surface area contributed by atoms with Gasteiger partial charge in [-0.15, -0.1) is 0 Å². The SMILES string of the molecule is C=C/C(F)=C(\C(=C)F)c1cc(C(CC(C)C)C(=O)O)cc(-c2ccc(C(F)(F)F)cc2)n1. The lowest BCUT2D eigenvalue weighted by atomic mass is 9.88. The summed E-state index contributed by atoms with van der Waals surface area (Å²) < 4.78 is 67.1. The molecule has 0 bridgehead atoms. The smallest absolute Gasteiger partial charge is 0.416 e. The van der Waals surface area contributed by atoms with Crippen molar-refractivity contribution < 1.29 is 31.9 Å². The van der Waals surface area contributed by atoms with Gasteiger partial charge in [0.05, 0.1) is 28.4 Å². The van der Waals surface area contributed by atoms with Gasteiger partial charge in [-0.2, -0.15) is 13.2 Å². The molecular formula is C24H22F5NO2. The third-order valence-corrected chi connectivity index (χ3v) is 4.71. The number of carboxylic acids is 1. The van der Waals surface area contributed by atoms with Crippen LogP contribution in [0.1, 0.15) is 43.0 Å². The summed E-state index contributed by atoms with van der Waals surface area (Å²) in [6.07, 6.45) is -3.56. The number of pyridine rings is 1. The average molecular weight is 451 g/mol. The van der Waals surface area contributed by atoms with Gasteiger partial charge in [0.2, 0.25) is 0 Å². The number of allylic oxidation sites excluding steroid dienone is 4. The average Bonchev–Trinajstić information content (AvgIpc) is 2.70. The molecule has 0 aliphatic rings. The summed E-state index contributed by atoms with van der Waals surface area (Å²) in [6.45, 7) is 10.0. The van der Waals surface area contributed by atoms with Crippen molar-refractivity contribution in [1.82, 2.24) is 4.98 Å². The number of halogens is 5. The molecule has 0 amide bonds. The predicted molar refractivity (Wildman–Crippen MR) is 113 cm³/mol. The number of hydrogen-bond donors (Lipinski definition) is 1. The molecule has 2 rings (SSSR count). The van der Waals surface area contributed by atoms with Crippen molar-refractivity contribution in [3.05, 3.63) is 84.1 Å². The Bertz CT molecular complexity index is 1050. The Kier molecular flexibility index (Phi) is 7.72. The molecule has 1 aromatic heterocycles. The molecule has 0 fully saturated rings. The van der Waals surface area contributed by atoms with Crippen LogP contribution in [0.2, 0.25) is 0 Å². The zero-order valence-electron chi connectivity index (χ0n) is 17.5. The highest BCUT2D eigenvalue weighted by atomic mass is 19.4. The van der Waals surface area contributed by atoms with Crippen molar-refractivity contribution >= 4 is 11.5 Å². The first-order valence-corrected chi connectivity index (χ1v) is 9.64. The Labute approximate surface area is 182 Å². The van der Waals surface area contributed by atoms with E-state index in [9.17, 15) is 31.9 Å². The van der Waals surface area contributed by atoms with Crippen molar-refractivity contribution in [2.24, 2.45) is 5.92 Å². The Hall–Kier alpha value is -3.29. The van der Waals surface area contributed by atoms with Crippen LogP contribution in [0.15, 0.2) is 67.3 Å². The molecule has 8 heteroatoms. The van der Waals surface area contributed by atoms with Crippen LogP contribution >= 0.6 is 0 Å². The van der Waals surface area contributed by atoms with Gasteiger partial charge in [0, 0.05) is 5.56 Å². The van der Waals surface area contributed by atoms with Gasteiger partial charge < -0.3 is 5.11 Å². The molecule has 0 aliphatic carbocycles. The van der Waals surface area contributed by atoms with Crippen molar-refractivity contribution in [3.8, 4) is 11.3 Å². The fourth-order valence-corrected chi connectivity index (χ4v) is 3.20. The Morgan fingerprint density at radius 3 is 2.19 bits per heavy atom. The predicted octanol–water partition coefficient (Wildman–Crippen LogP) is 7.33. The Balaban J connectivity index is 2.77. The fraction of sp³-hybridized carbons (Fsp3) is 0.250. The fourth-order valence-electron chi connectivity index (χ4n) is 3.20. The number of hydrogen-bond acceptors (Lipinski definition) is 2. The summed E-state index contributed by atoms with van der Waals surface area (Å²) >= 11 is 0. The normalized spacial score (nSPS) is 13.5. The molecule has 170 valence electrons. The van der Waals surface area contributed by atoms with E-state index < -0.39 is 40.9 Å². The second kappa shape index (κ2) is 9.89. The lowest BCUT2D eigenvalue weighted by Gasteiger charge is -2.18. The van der Waals surface area contributed by atoms with E-state index in [1.807, 2.05) is 13.8 Å². The van der Waals surface area contributed by atoms with E-state index in [4.69, 9.17) is 0 Å². The second-order valence-corrected chi connectivity index (χ2v) is 7.60. The van der Waals surface area contributed by atoms with E-state index in [2.05, 4.69) is 18.1 Å². The van der Waals surface area contributed by atoms with Gasteiger partial charge in [0.1, 0.15) is 11.7 Å². The Morgan fingerprint density at radius 1 is 1.16 bits per heavy atom. The van der Waals surface area contributed by atoms with Crippen LogP contribution in [-0.4, -0.2) is 16.1 Å². The quantitative estimate of drug-likeness (QED) is 0.338. The molecule has 1 N–H and O–H groups in total. The zero-order valence-corrected chi connectivity index (χ0v) is 17.5. The van der Waals surface area contributed by atoms with Gasteiger partial charge >= 0.3 is 12.1 Å². The minimum Gasteiger partial charge on any atom is -0.481 e. The maximum Gasteiger partial charge on any atom is 0.416 e. The molecule has 32 heavy (non-hydrogen) atoms. The highest BCUT2D eigenvalue weighted by Crippen LogP contribution is 2.35. The number of alkyl halides is 3. The van der Waals surface area contributed by atoms with Gasteiger partial charge in [-0.3, -0.25) is 4.79 Å². The van der Waals surface area contributed by atoms with Gasteiger partial charge in [-0.1, -0.05) is 39.1 Å². The highest BCUT2D eigenvalue weighted by Gasteiger charge is 2.30. The first-order valence-electron chi connectivity index (χ1n) is 9.64. The van der Waals surface area contributed by atoms with Gasteiger partial charge in [-0.25, -0.2) is 13.8 Å². The first-order chi connectivity index (χ1) is 14.8. The summed E-state index contributed by atoms with van der Waals surface area (Å²) in [4.78, 5) is 16.1. The number of aromatic nitrogens is 1. The second-order valence-electron chi connectivity index (χ2n) is 7.60. The Morgan fingerprint density at radius 2 is 1.75 bits per heavy atom. The number of aliphatic carboxylic acids is 1. The summed E-state index contributed by atoms with van der Waals surface area (Å²) in [7, 11) is 0. The maximum atomic E-state index is 14.3. The third kappa shape index (κ3) is 5.90. The van der Waals surface area contributed by atoms with E-state index in [-0.39, 0.29) is 34.9 Å². The summed E-state index contributed by atoms with van der Waals surface area (Å²) in [5.74, 6) is -4.40. The molecular weight excluding hydrogens is 429 g/mol. The van der Waals surface area contributed by atoms with Crippen LogP contribution in [0.5, 0.6) is 0 Å². The number of rotatable bonds is 8. The molecule has 1 unspecified atom stereocenters. The molecule has 0 radical (unpaired) electrons. The van der Waals surface area contributed by atoms with E-state index in [0.717, 1.165) is 30.3 Å². The molecule has 3 nitrogen and oxygen atoms in total. The van der Waals surface area contributed by atoms with Gasteiger partial charge in [0.15, 0.2) is 0 Å². The van der Waals surface area contributed by atoms with Gasteiger partial charge in [0.25, 0.3) is 0 Å². The molecule has 0 aliphatic heterocycles.